The van der Waals surface area contributed by atoms with Gasteiger partial charge in [-0.25, -0.2) is 0 Å². The van der Waals surface area contributed by atoms with Crippen LogP contribution in [0.25, 0.3) is 0 Å². The number of rotatable bonds is 7. The van der Waals surface area contributed by atoms with E-state index >= 15 is 0 Å². The van der Waals surface area contributed by atoms with Gasteiger partial charge in [-0.2, -0.15) is 0 Å². The Morgan fingerprint density at radius 2 is 1.86 bits per heavy atom. The third-order valence-electron chi connectivity index (χ3n) is 3.24. The quantitative estimate of drug-likeness (QED) is 0.574. The van der Waals surface area contributed by atoms with Gasteiger partial charge >= 0.3 is 0 Å². The SMILES string of the molecule is CCOC(CCN1C(=O)C(=O)c2c(Cl)cccc21)OCC. The van der Waals surface area contributed by atoms with Gasteiger partial charge in [0, 0.05) is 26.2 Å². The molecule has 1 aromatic carbocycles. The van der Waals surface area contributed by atoms with E-state index in [0.717, 1.165) is 0 Å². The van der Waals surface area contributed by atoms with Crippen LogP contribution in [-0.4, -0.2) is 37.7 Å². The Morgan fingerprint density at radius 3 is 2.48 bits per heavy atom. The summed E-state index contributed by atoms with van der Waals surface area (Å²) >= 11 is 6.01. The van der Waals surface area contributed by atoms with Crippen molar-refractivity contribution >= 4 is 29.0 Å². The number of nitrogens with zero attached hydrogens (tertiary/aromatic N) is 1. The van der Waals surface area contributed by atoms with Crippen LogP contribution in [-0.2, 0) is 14.3 Å². The van der Waals surface area contributed by atoms with E-state index in [4.69, 9.17) is 21.1 Å². The van der Waals surface area contributed by atoms with Crippen molar-refractivity contribution < 1.29 is 19.1 Å². The number of fused-ring (bicyclic) bond motifs is 1. The summed E-state index contributed by atoms with van der Waals surface area (Å²) < 4.78 is 10.9. The molecule has 0 fully saturated rings. The van der Waals surface area contributed by atoms with Crippen molar-refractivity contribution in [1.29, 1.82) is 0 Å². The maximum Gasteiger partial charge on any atom is 0.299 e. The van der Waals surface area contributed by atoms with Crippen LogP contribution in [0.4, 0.5) is 5.69 Å². The van der Waals surface area contributed by atoms with E-state index in [0.29, 0.717) is 36.9 Å². The van der Waals surface area contributed by atoms with Gasteiger partial charge in [-0.1, -0.05) is 17.7 Å². The van der Waals surface area contributed by atoms with E-state index in [1.54, 1.807) is 18.2 Å². The van der Waals surface area contributed by atoms with Gasteiger partial charge in [0.05, 0.1) is 16.3 Å². The Hall–Kier alpha value is -1.43. The van der Waals surface area contributed by atoms with Crippen LogP contribution in [0.2, 0.25) is 5.02 Å². The van der Waals surface area contributed by atoms with Gasteiger partial charge < -0.3 is 14.4 Å². The van der Waals surface area contributed by atoms with E-state index in [1.807, 2.05) is 13.8 Å². The zero-order valence-corrected chi connectivity index (χ0v) is 12.9. The van der Waals surface area contributed by atoms with E-state index < -0.39 is 11.7 Å². The molecule has 0 bridgehead atoms. The molecule has 0 aliphatic carbocycles. The molecule has 114 valence electrons. The molecular formula is C15H18ClNO4. The van der Waals surface area contributed by atoms with Crippen molar-refractivity contribution in [2.75, 3.05) is 24.7 Å². The van der Waals surface area contributed by atoms with Crippen LogP contribution in [0.5, 0.6) is 0 Å². The number of anilines is 1. The molecule has 0 aromatic heterocycles. The number of hydrogen-bond donors (Lipinski definition) is 0. The Kier molecular flexibility index (Phi) is 5.33. The van der Waals surface area contributed by atoms with Crippen molar-refractivity contribution in [3.63, 3.8) is 0 Å². The van der Waals surface area contributed by atoms with Crippen LogP contribution in [0, 0.1) is 0 Å². The monoisotopic (exact) mass is 311 g/mol. The lowest BCUT2D eigenvalue weighted by molar-refractivity contribution is -0.138. The summed E-state index contributed by atoms with van der Waals surface area (Å²) in [4.78, 5) is 25.5. The molecule has 6 heteroatoms. The summed E-state index contributed by atoms with van der Waals surface area (Å²) in [5.74, 6) is -1.11. The molecule has 0 spiro atoms. The fourth-order valence-corrected chi connectivity index (χ4v) is 2.60. The normalized spacial score (nSPS) is 14.2. The minimum atomic E-state index is -0.556. The lowest BCUT2D eigenvalue weighted by Gasteiger charge is -2.21. The summed E-state index contributed by atoms with van der Waals surface area (Å²) in [5, 5.41) is 0.305. The third kappa shape index (κ3) is 3.26. The first-order valence-corrected chi connectivity index (χ1v) is 7.35. The second kappa shape index (κ2) is 7.02. The molecule has 5 nitrogen and oxygen atoms in total. The van der Waals surface area contributed by atoms with E-state index in [9.17, 15) is 9.59 Å². The first-order valence-electron chi connectivity index (χ1n) is 6.98. The van der Waals surface area contributed by atoms with E-state index in [1.165, 1.54) is 4.90 Å². The maximum absolute atomic E-state index is 12.1. The summed E-state index contributed by atoms with van der Waals surface area (Å²) in [6, 6.07) is 5.06. The van der Waals surface area contributed by atoms with Gasteiger partial charge in [-0.15, -0.1) is 0 Å². The third-order valence-corrected chi connectivity index (χ3v) is 3.56. The smallest absolute Gasteiger partial charge is 0.299 e. The van der Waals surface area contributed by atoms with Gasteiger partial charge in [-0.05, 0) is 26.0 Å². The van der Waals surface area contributed by atoms with Crippen molar-refractivity contribution in [3.05, 3.63) is 28.8 Å². The fourth-order valence-electron chi connectivity index (χ4n) is 2.34. The molecule has 1 amide bonds. The van der Waals surface area contributed by atoms with Gasteiger partial charge in [0.1, 0.15) is 0 Å². The molecule has 0 unspecified atom stereocenters. The van der Waals surface area contributed by atoms with E-state index in [2.05, 4.69) is 0 Å². The number of amides is 1. The van der Waals surface area contributed by atoms with E-state index in [-0.39, 0.29) is 11.9 Å². The van der Waals surface area contributed by atoms with Crippen molar-refractivity contribution in [1.82, 2.24) is 0 Å². The van der Waals surface area contributed by atoms with Crippen molar-refractivity contribution in [2.45, 2.75) is 26.6 Å². The highest BCUT2D eigenvalue weighted by atomic mass is 35.5. The molecule has 0 radical (unpaired) electrons. The summed E-state index contributed by atoms with van der Waals surface area (Å²) in [7, 11) is 0. The first kappa shape index (κ1) is 15.9. The molecule has 0 saturated heterocycles. The van der Waals surface area contributed by atoms with Gasteiger partial charge in [-0.3, -0.25) is 9.59 Å². The van der Waals surface area contributed by atoms with Crippen LogP contribution < -0.4 is 4.90 Å². The maximum atomic E-state index is 12.1. The number of ether oxygens (including phenoxy) is 2. The highest BCUT2D eigenvalue weighted by Gasteiger charge is 2.37. The number of carbonyl (C=O) groups excluding carboxylic acids is 2. The lowest BCUT2D eigenvalue weighted by Crippen LogP contribution is -2.33. The fraction of sp³-hybridized carbons (Fsp3) is 0.467. The minimum absolute atomic E-state index is 0.286. The second-order valence-corrected chi connectivity index (χ2v) is 4.96. The Bertz CT molecular complexity index is 540. The molecule has 2 rings (SSSR count). The van der Waals surface area contributed by atoms with Crippen molar-refractivity contribution in [3.8, 4) is 0 Å². The topological polar surface area (TPSA) is 55.8 Å². The summed E-state index contributed by atoms with van der Waals surface area (Å²) in [5.41, 5.74) is 0.845. The molecule has 0 atom stereocenters. The Balaban J connectivity index is 2.13. The molecule has 1 aliphatic heterocycles. The summed E-state index contributed by atoms with van der Waals surface area (Å²) in [6.07, 6.45) is 0.110. The molecule has 0 saturated carbocycles. The number of hydrogen-bond acceptors (Lipinski definition) is 4. The Morgan fingerprint density at radius 1 is 1.19 bits per heavy atom. The van der Waals surface area contributed by atoms with Gasteiger partial charge in [0.2, 0.25) is 0 Å². The Labute approximate surface area is 128 Å². The standard InChI is InChI=1S/C15H18ClNO4/c1-3-20-12(21-4-2)8-9-17-11-7-5-6-10(16)13(11)14(18)15(17)19/h5-7,12H,3-4,8-9H2,1-2H3. The number of carbonyl (C=O) groups is 2. The molecule has 1 aromatic rings. The number of Topliss-reactive ketones (excluding diaryl/α,β-unsaturated/α-hetero) is 1. The summed E-state index contributed by atoms with van der Waals surface area (Å²) in [6.45, 7) is 5.17. The van der Waals surface area contributed by atoms with Crippen LogP contribution >= 0.6 is 11.6 Å². The molecule has 1 heterocycles. The predicted molar refractivity (Wildman–Crippen MR) is 79.8 cm³/mol. The number of halogens is 1. The average molecular weight is 312 g/mol. The second-order valence-electron chi connectivity index (χ2n) is 4.55. The number of benzene rings is 1. The largest absolute Gasteiger partial charge is 0.353 e. The molecule has 1 aliphatic rings. The zero-order valence-electron chi connectivity index (χ0n) is 12.1. The van der Waals surface area contributed by atoms with Crippen LogP contribution in [0.1, 0.15) is 30.6 Å². The zero-order chi connectivity index (χ0) is 15.4. The van der Waals surface area contributed by atoms with Crippen LogP contribution in [0.15, 0.2) is 18.2 Å². The highest BCUT2D eigenvalue weighted by molar-refractivity contribution is 6.55. The minimum Gasteiger partial charge on any atom is -0.353 e. The molecular weight excluding hydrogens is 294 g/mol. The average Bonchev–Trinajstić information content (AvgIpc) is 2.70. The van der Waals surface area contributed by atoms with Gasteiger partial charge in [0.15, 0.2) is 6.29 Å². The van der Waals surface area contributed by atoms with Crippen molar-refractivity contribution in [2.24, 2.45) is 0 Å². The highest BCUT2D eigenvalue weighted by Crippen LogP contribution is 2.34. The number of ketones is 1. The lowest BCUT2D eigenvalue weighted by atomic mass is 10.1. The first-order chi connectivity index (χ1) is 10.1. The van der Waals surface area contributed by atoms with Crippen LogP contribution in [0.3, 0.4) is 0 Å². The predicted octanol–water partition coefficient (Wildman–Crippen LogP) is 2.66. The molecule has 21 heavy (non-hydrogen) atoms. The van der Waals surface area contributed by atoms with Gasteiger partial charge in [0.25, 0.3) is 11.7 Å². The molecule has 0 N–H and O–H groups in total.